The first kappa shape index (κ1) is 12.4. The van der Waals surface area contributed by atoms with Crippen LogP contribution in [-0.4, -0.2) is 11.2 Å². The zero-order valence-electron chi connectivity index (χ0n) is 12.5. The van der Waals surface area contributed by atoms with E-state index in [0.717, 1.165) is 12.3 Å². The molecule has 0 aromatic rings. The van der Waals surface area contributed by atoms with Crippen LogP contribution < -0.4 is 0 Å². The topological polar surface area (TPSA) is 20.2 Å². The minimum atomic E-state index is -0.128. The smallest absolute Gasteiger partial charge is 0.0806 e. The second kappa shape index (κ2) is 3.67. The molecule has 3 atom stereocenters. The Morgan fingerprint density at radius 2 is 1.79 bits per heavy atom. The fourth-order valence-electron chi connectivity index (χ4n) is 7.18. The minimum absolute atomic E-state index is 0.128. The highest BCUT2D eigenvalue weighted by molar-refractivity contribution is 5.22. The van der Waals surface area contributed by atoms with Crippen LogP contribution in [0, 0.1) is 22.2 Å². The van der Waals surface area contributed by atoms with E-state index in [0.29, 0.717) is 10.8 Å². The molecule has 0 heterocycles. The summed E-state index contributed by atoms with van der Waals surface area (Å²) in [7, 11) is 0. The molecule has 1 nitrogen and oxygen atoms in total. The fraction of sp³-hybridized carbons (Fsp3) is 0.889. The summed E-state index contributed by atoms with van der Waals surface area (Å²) in [5.74, 6) is 0.892. The van der Waals surface area contributed by atoms with Gasteiger partial charge < -0.3 is 5.11 Å². The first-order valence-electron chi connectivity index (χ1n) is 8.29. The lowest BCUT2D eigenvalue weighted by atomic mass is 9.39. The molecular weight excluding hydrogens is 232 g/mol. The predicted molar refractivity (Wildman–Crippen MR) is 77.8 cm³/mol. The maximum absolute atomic E-state index is 11.1. The summed E-state index contributed by atoms with van der Waals surface area (Å²) in [4.78, 5) is 0. The highest BCUT2D eigenvalue weighted by Gasteiger charge is 2.62. The Kier molecular flexibility index (Phi) is 2.40. The van der Waals surface area contributed by atoms with Crippen molar-refractivity contribution in [3.05, 3.63) is 11.6 Å². The first-order valence-corrected chi connectivity index (χ1v) is 8.29. The van der Waals surface area contributed by atoms with E-state index in [1.165, 1.54) is 56.9 Å². The lowest BCUT2D eigenvalue weighted by molar-refractivity contribution is -0.177. The molecule has 0 amide bonds. The molecule has 0 aromatic heterocycles. The van der Waals surface area contributed by atoms with E-state index in [4.69, 9.17) is 0 Å². The third-order valence-electron chi connectivity index (χ3n) is 6.68. The Morgan fingerprint density at radius 3 is 2.32 bits per heavy atom. The second-order valence-electron chi connectivity index (χ2n) is 9.07. The van der Waals surface area contributed by atoms with Crippen LogP contribution in [0.25, 0.3) is 0 Å². The highest BCUT2D eigenvalue weighted by Crippen LogP contribution is 2.71. The Hall–Kier alpha value is -0.300. The predicted octanol–water partition coefficient (Wildman–Crippen LogP) is 4.45. The summed E-state index contributed by atoms with van der Waals surface area (Å²) in [5, 5.41) is 11.1. The summed E-state index contributed by atoms with van der Waals surface area (Å²) in [6, 6.07) is 0. The van der Waals surface area contributed by atoms with Gasteiger partial charge in [0.05, 0.1) is 6.10 Å². The molecule has 0 spiro atoms. The van der Waals surface area contributed by atoms with Crippen molar-refractivity contribution in [2.24, 2.45) is 22.2 Å². The summed E-state index contributed by atoms with van der Waals surface area (Å²) in [6.07, 6.45) is 14.0. The largest absolute Gasteiger partial charge is 0.388 e. The Morgan fingerprint density at radius 1 is 1.11 bits per heavy atom. The van der Waals surface area contributed by atoms with Gasteiger partial charge in [-0.1, -0.05) is 19.9 Å². The van der Waals surface area contributed by atoms with Crippen LogP contribution in [-0.2, 0) is 0 Å². The van der Waals surface area contributed by atoms with E-state index in [1.807, 2.05) is 0 Å². The second-order valence-corrected chi connectivity index (χ2v) is 9.07. The minimum Gasteiger partial charge on any atom is -0.388 e. The number of allylic oxidation sites excluding steroid dienone is 1. The number of aliphatic hydroxyl groups excluding tert-OH is 1. The number of rotatable bonds is 2. The molecule has 1 heteroatoms. The summed E-state index contributed by atoms with van der Waals surface area (Å²) < 4.78 is 0. The molecule has 0 aromatic carbocycles. The van der Waals surface area contributed by atoms with Gasteiger partial charge in [0, 0.05) is 5.41 Å². The Balaban J connectivity index is 1.70. The van der Waals surface area contributed by atoms with Gasteiger partial charge >= 0.3 is 0 Å². The van der Waals surface area contributed by atoms with Crippen LogP contribution in [0.15, 0.2) is 11.6 Å². The van der Waals surface area contributed by atoms with E-state index in [2.05, 4.69) is 19.9 Å². The van der Waals surface area contributed by atoms with Gasteiger partial charge in [-0.2, -0.15) is 0 Å². The monoisotopic (exact) mass is 260 g/mol. The third-order valence-corrected chi connectivity index (χ3v) is 6.68. The highest BCUT2D eigenvalue weighted by atomic mass is 16.3. The molecule has 5 aliphatic carbocycles. The Bertz CT molecular complexity index is 417. The molecule has 0 aliphatic heterocycles. The van der Waals surface area contributed by atoms with Crippen LogP contribution in [0.5, 0.6) is 0 Å². The molecule has 5 aliphatic rings. The zero-order chi connectivity index (χ0) is 13.3. The van der Waals surface area contributed by atoms with Gasteiger partial charge in [-0.15, -0.1) is 0 Å². The number of hydrogen-bond donors (Lipinski definition) is 1. The molecule has 5 rings (SSSR count). The summed E-state index contributed by atoms with van der Waals surface area (Å²) in [5.41, 5.74) is 2.66. The molecule has 0 saturated heterocycles. The molecule has 3 unspecified atom stereocenters. The molecule has 4 saturated carbocycles. The van der Waals surface area contributed by atoms with Gasteiger partial charge in [-0.25, -0.2) is 0 Å². The van der Waals surface area contributed by atoms with Crippen LogP contribution in [0.2, 0.25) is 0 Å². The van der Waals surface area contributed by atoms with Gasteiger partial charge in [-0.05, 0) is 80.1 Å². The molecule has 0 radical (unpaired) electrons. The van der Waals surface area contributed by atoms with Crippen molar-refractivity contribution < 1.29 is 5.11 Å². The van der Waals surface area contributed by atoms with E-state index < -0.39 is 0 Å². The summed E-state index contributed by atoms with van der Waals surface area (Å²) in [6.45, 7) is 5.00. The van der Waals surface area contributed by atoms with Gasteiger partial charge in [0.15, 0.2) is 0 Å². The third kappa shape index (κ3) is 1.77. The lowest BCUT2D eigenvalue weighted by Gasteiger charge is -2.66. The molecule has 106 valence electrons. The SMILES string of the molecule is CC12CC3CC(C)(C1)CC(C(O)C1=CCCC1)(C3)C2. The molecular formula is C18H28O. The van der Waals surface area contributed by atoms with Crippen LogP contribution in [0.3, 0.4) is 0 Å². The summed E-state index contributed by atoms with van der Waals surface area (Å²) >= 11 is 0. The van der Waals surface area contributed by atoms with Gasteiger partial charge in [-0.3, -0.25) is 0 Å². The first-order chi connectivity index (χ1) is 8.92. The number of hydrogen-bond acceptors (Lipinski definition) is 1. The van der Waals surface area contributed by atoms with Crippen molar-refractivity contribution in [3.8, 4) is 0 Å². The zero-order valence-corrected chi connectivity index (χ0v) is 12.5. The van der Waals surface area contributed by atoms with Gasteiger partial charge in [0.2, 0.25) is 0 Å². The molecule has 4 fully saturated rings. The average molecular weight is 260 g/mol. The van der Waals surface area contributed by atoms with Crippen molar-refractivity contribution in [1.82, 2.24) is 0 Å². The van der Waals surface area contributed by atoms with E-state index in [9.17, 15) is 5.11 Å². The Labute approximate surface area is 117 Å². The van der Waals surface area contributed by atoms with Crippen LogP contribution >= 0.6 is 0 Å². The average Bonchev–Trinajstić information content (AvgIpc) is 2.75. The van der Waals surface area contributed by atoms with E-state index in [1.54, 1.807) is 0 Å². The quantitative estimate of drug-likeness (QED) is 0.727. The number of aliphatic hydroxyl groups is 1. The van der Waals surface area contributed by atoms with Crippen molar-refractivity contribution in [3.63, 3.8) is 0 Å². The van der Waals surface area contributed by atoms with Crippen molar-refractivity contribution in [2.45, 2.75) is 77.7 Å². The standard InChI is InChI=1S/C18H28O/c1-16-7-13-8-17(2,10-16)12-18(9-13,11-16)15(19)14-5-3-4-6-14/h5,13,15,19H,3-4,6-12H2,1-2H3. The van der Waals surface area contributed by atoms with E-state index >= 15 is 0 Å². The molecule has 19 heavy (non-hydrogen) atoms. The maximum Gasteiger partial charge on any atom is 0.0806 e. The lowest BCUT2D eigenvalue weighted by Crippen LogP contribution is -2.59. The van der Waals surface area contributed by atoms with E-state index in [-0.39, 0.29) is 11.5 Å². The van der Waals surface area contributed by atoms with Gasteiger partial charge in [0.25, 0.3) is 0 Å². The molecule has 4 bridgehead atoms. The normalized spacial score (nSPS) is 53.4. The molecule has 1 N–H and O–H groups in total. The van der Waals surface area contributed by atoms with Crippen molar-refractivity contribution in [1.29, 1.82) is 0 Å². The van der Waals surface area contributed by atoms with Gasteiger partial charge in [0.1, 0.15) is 0 Å². The van der Waals surface area contributed by atoms with Crippen LogP contribution in [0.1, 0.15) is 71.6 Å². The maximum atomic E-state index is 11.1. The van der Waals surface area contributed by atoms with Crippen molar-refractivity contribution >= 4 is 0 Å². The van der Waals surface area contributed by atoms with Crippen LogP contribution in [0.4, 0.5) is 0 Å². The fourth-order valence-corrected chi connectivity index (χ4v) is 7.18. The van der Waals surface area contributed by atoms with Crippen molar-refractivity contribution in [2.75, 3.05) is 0 Å².